The molecule has 3 aromatic rings. The zero-order valence-electron chi connectivity index (χ0n) is 21.0. The van der Waals surface area contributed by atoms with Crippen LogP contribution in [-0.4, -0.2) is 18.1 Å². The van der Waals surface area contributed by atoms with E-state index in [9.17, 15) is 23.2 Å². The van der Waals surface area contributed by atoms with Crippen molar-refractivity contribution in [3.63, 3.8) is 0 Å². The highest BCUT2D eigenvalue weighted by atomic mass is 32.1. The van der Waals surface area contributed by atoms with E-state index in [0.717, 1.165) is 29.7 Å². The van der Waals surface area contributed by atoms with E-state index < -0.39 is 17.6 Å². The lowest BCUT2D eigenvalue weighted by molar-refractivity contribution is -0.137. The van der Waals surface area contributed by atoms with Crippen LogP contribution in [0.15, 0.2) is 93.4 Å². The number of nitrogens with one attached hydrogen (secondary N) is 2. The quantitative estimate of drug-likeness (QED) is 0.0830. The molecule has 0 fully saturated rings. The highest BCUT2D eigenvalue weighted by molar-refractivity contribution is 7.84. The van der Waals surface area contributed by atoms with E-state index in [4.69, 9.17) is 5.73 Å². The molecule has 1 amide bonds. The van der Waals surface area contributed by atoms with Crippen LogP contribution in [0.5, 0.6) is 0 Å². The summed E-state index contributed by atoms with van der Waals surface area (Å²) in [6, 6.07) is 20.1. The fourth-order valence-electron chi connectivity index (χ4n) is 3.40. The summed E-state index contributed by atoms with van der Waals surface area (Å²) in [4.78, 5) is 20.7. The smallest absolute Gasteiger partial charge is 0.383 e. The van der Waals surface area contributed by atoms with Crippen molar-refractivity contribution in [3.8, 4) is 6.07 Å². The number of amides is 1. The molecule has 7 nitrogen and oxygen atoms in total. The van der Waals surface area contributed by atoms with Gasteiger partial charge in [0.15, 0.2) is 0 Å². The van der Waals surface area contributed by atoms with Crippen molar-refractivity contribution in [1.29, 1.82) is 5.26 Å². The van der Waals surface area contributed by atoms with Crippen LogP contribution in [0.25, 0.3) is 0 Å². The van der Waals surface area contributed by atoms with Crippen LogP contribution in [0.2, 0.25) is 0 Å². The van der Waals surface area contributed by atoms with Gasteiger partial charge in [-0.3, -0.25) is 4.79 Å². The molecular formula is C28H25F3N6OS. The number of para-hydroxylation sites is 1. The first-order valence-corrected chi connectivity index (χ1v) is 12.1. The number of anilines is 2. The third-order valence-corrected chi connectivity index (χ3v) is 5.78. The Labute approximate surface area is 229 Å². The number of rotatable bonds is 8. The molecular weight excluding hydrogens is 525 g/mol. The van der Waals surface area contributed by atoms with Gasteiger partial charge in [-0.15, -0.1) is 12.6 Å². The zero-order chi connectivity index (χ0) is 28.6. The molecule has 0 saturated carbocycles. The third-order valence-electron chi connectivity index (χ3n) is 5.45. The van der Waals surface area contributed by atoms with Gasteiger partial charge in [-0.25, -0.2) is 9.98 Å². The van der Waals surface area contributed by atoms with Crippen molar-refractivity contribution in [2.75, 3.05) is 10.6 Å². The standard InChI is InChI=1S/C28H25F3N6OS/c1-17(2)22-5-3-4-6-24(22)37-27(39)23(15-32)26(38)36-21-11-7-18(8-12-21)25(33)35-16-34-20-13-9-19(10-14-20)28(29,30)31/h3-14,16-17,37,39H,1-2H3,(H,36,38)(H2,33,34,35)/b27-23-. The van der Waals surface area contributed by atoms with Crippen molar-refractivity contribution in [1.82, 2.24) is 0 Å². The normalized spacial score (nSPS) is 12.7. The largest absolute Gasteiger partial charge is 0.416 e. The molecule has 3 rings (SSSR count). The van der Waals surface area contributed by atoms with Crippen molar-refractivity contribution in [3.05, 3.63) is 100 Å². The maximum Gasteiger partial charge on any atom is 0.416 e. The molecule has 0 radical (unpaired) electrons. The average Bonchev–Trinajstić information content (AvgIpc) is 2.89. The van der Waals surface area contributed by atoms with Crippen molar-refractivity contribution < 1.29 is 18.0 Å². The first kappa shape index (κ1) is 29.0. The molecule has 0 bridgehead atoms. The van der Waals surface area contributed by atoms with Gasteiger partial charge in [0.2, 0.25) is 0 Å². The minimum absolute atomic E-state index is 0.104. The van der Waals surface area contributed by atoms with Gasteiger partial charge in [0.05, 0.1) is 16.3 Å². The fourth-order valence-corrected chi connectivity index (χ4v) is 3.67. The van der Waals surface area contributed by atoms with Gasteiger partial charge in [0, 0.05) is 16.9 Å². The molecule has 0 atom stereocenters. The molecule has 200 valence electrons. The number of thiol groups is 1. The van der Waals surface area contributed by atoms with Crippen LogP contribution in [-0.2, 0) is 11.0 Å². The minimum atomic E-state index is -4.42. The Morgan fingerprint density at radius 3 is 2.26 bits per heavy atom. The number of aliphatic imine (C=N–C) groups is 2. The van der Waals surface area contributed by atoms with Crippen LogP contribution in [0.1, 0.15) is 36.5 Å². The second kappa shape index (κ2) is 12.8. The van der Waals surface area contributed by atoms with Gasteiger partial charge in [0.25, 0.3) is 5.91 Å². The molecule has 0 aliphatic heterocycles. The van der Waals surface area contributed by atoms with E-state index in [1.54, 1.807) is 24.3 Å². The summed E-state index contributed by atoms with van der Waals surface area (Å²) in [6.07, 6.45) is -3.29. The molecule has 0 aliphatic carbocycles. The summed E-state index contributed by atoms with van der Waals surface area (Å²) in [6.45, 7) is 4.07. The number of benzene rings is 3. The van der Waals surface area contributed by atoms with Gasteiger partial charge >= 0.3 is 6.18 Å². The number of nitrogens with zero attached hydrogens (tertiary/aromatic N) is 3. The first-order valence-electron chi connectivity index (χ1n) is 11.6. The Kier molecular flexibility index (Phi) is 9.52. The number of hydrogen-bond donors (Lipinski definition) is 4. The fraction of sp³-hybridized carbons (Fsp3) is 0.143. The second-order valence-electron chi connectivity index (χ2n) is 8.54. The average molecular weight is 551 g/mol. The summed E-state index contributed by atoms with van der Waals surface area (Å²) in [5.74, 6) is -0.318. The highest BCUT2D eigenvalue weighted by Crippen LogP contribution is 2.30. The summed E-state index contributed by atoms with van der Waals surface area (Å²) < 4.78 is 38.0. The Bertz CT molecular complexity index is 1450. The van der Waals surface area contributed by atoms with Crippen LogP contribution < -0.4 is 16.4 Å². The Balaban J connectivity index is 1.66. The Morgan fingerprint density at radius 2 is 1.67 bits per heavy atom. The summed E-state index contributed by atoms with van der Waals surface area (Å²) in [5, 5.41) is 15.4. The number of carbonyl (C=O) groups excluding carboxylic acids is 1. The van der Waals surface area contributed by atoms with E-state index in [2.05, 4.69) is 33.2 Å². The summed E-state index contributed by atoms with van der Waals surface area (Å²) >= 11 is 4.35. The number of carbonyl (C=O) groups is 1. The van der Waals surface area contributed by atoms with Crippen LogP contribution >= 0.6 is 12.6 Å². The predicted octanol–water partition coefficient (Wildman–Crippen LogP) is 6.61. The lowest BCUT2D eigenvalue weighted by atomic mass is 10.0. The lowest BCUT2D eigenvalue weighted by Crippen LogP contribution is -2.17. The first-order chi connectivity index (χ1) is 18.5. The van der Waals surface area contributed by atoms with Gasteiger partial charge < -0.3 is 16.4 Å². The zero-order valence-corrected chi connectivity index (χ0v) is 21.9. The Hall–Kier alpha value is -4.56. The topological polar surface area (TPSA) is 116 Å². The maximum atomic E-state index is 12.8. The van der Waals surface area contributed by atoms with E-state index in [1.165, 1.54) is 12.1 Å². The third kappa shape index (κ3) is 7.96. The van der Waals surface area contributed by atoms with Gasteiger partial charge in [-0.2, -0.15) is 18.4 Å². The molecule has 0 aromatic heterocycles. The van der Waals surface area contributed by atoms with E-state index in [1.807, 2.05) is 44.2 Å². The molecule has 0 saturated heterocycles. The van der Waals surface area contributed by atoms with E-state index in [0.29, 0.717) is 11.3 Å². The van der Waals surface area contributed by atoms with E-state index in [-0.39, 0.29) is 28.0 Å². The maximum absolute atomic E-state index is 12.8. The molecule has 3 aromatic carbocycles. The van der Waals surface area contributed by atoms with Crippen molar-refractivity contribution in [2.24, 2.45) is 15.7 Å². The number of halogens is 3. The molecule has 0 aliphatic rings. The number of alkyl halides is 3. The number of nitrogens with two attached hydrogens (primary N) is 1. The van der Waals surface area contributed by atoms with Crippen molar-refractivity contribution in [2.45, 2.75) is 25.9 Å². The molecule has 4 N–H and O–H groups in total. The summed E-state index contributed by atoms with van der Waals surface area (Å²) in [7, 11) is 0. The lowest BCUT2D eigenvalue weighted by Gasteiger charge is -2.15. The highest BCUT2D eigenvalue weighted by Gasteiger charge is 2.29. The van der Waals surface area contributed by atoms with Crippen LogP contribution in [0, 0.1) is 11.3 Å². The monoisotopic (exact) mass is 550 g/mol. The Morgan fingerprint density at radius 1 is 1.03 bits per heavy atom. The number of nitriles is 1. The SMILES string of the molecule is CC(C)c1ccccc1N/C(S)=C(\C#N)C(=O)Nc1ccc(C(N)=NC=Nc2ccc(C(F)(F)F)cc2)cc1. The minimum Gasteiger partial charge on any atom is -0.383 e. The second-order valence-corrected chi connectivity index (χ2v) is 8.98. The predicted molar refractivity (Wildman–Crippen MR) is 151 cm³/mol. The molecule has 0 unspecified atom stereocenters. The molecule has 0 heterocycles. The molecule has 11 heteroatoms. The summed E-state index contributed by atoms with van der Waals surface area (Å²) in [5.41, 5.74) is 7.97. The van der Waals surface area contributed by atoms with Gasteiger partial charge in [0.1, 0.15) is 23.8 Å². The number of hydrogen-bond acceptors (Lipinski definition) is 5. The van der Waals surface area contributed by atoms with Crippen molar-refractivity contribution >= 4 is 47.8 Å². The van der Waals surface area contributed by atoms with E-state index >= 15 is 0 Å². The molecule has 0 spiro atoms. The van der Waals surface area contributed by atoms with Crippen LogP contribution in [0.4, 0.5) is 30.2 Å². The molecule has 39 heavy (non-hydrogen) atoms. The number of amidine groups is 1. The van der Waals surface area contributed by atoms with Gasteiger partial charge in [-0.1, -0.05) is 32.0 Å². The van der Waals surface area contributed by atoms with Crippen LogP contribution in [0.3, 0.4) is 0 Å². The van der Waals surface area contributed by atoms with Gasteiger partial charge in [-0.05, 0) is 66.1 Å².